The van der Waals surface area contributed by atoms with E-state index < -0.39 is 0 Å². The minimum absolute atomic E-state index is 0.0725. The summed E-state index contributed by atoms with van der Waals surface area (Å²) in [4.78, 5) is 29.3. The number of ether oxygens (including phenoxy) is 1. The van der Waals surface area contributed by atoms with Crippen molar-refractivity contribution in [3.63, 3.8) is 0 Å². The van der Waals surface area contributed by atoms with Gasteiger partial charge in [-0.1, -0.05) is 36.4 Å². The van der Waals surface area contributed by atoms with Crippen molar-refractivity contribution in [1.29, 1.82) is 0 Å². The molecular formula is C22H19NO3S. The standard InChI is InChI=1S/C22H19NO3S/c1-2-26-20(24)12-17-13-27-22(23-17)16-10-9-15-8-7-14-5-3-4-6-18(14)21(25)19(15)11-16/h3-6,9-11,13H,2,7-8,12H2,1H3. The number of esters is 1. The van der Waals surface area contributed by atoms with Crippen molar-refractivity contribution in [1.82, 2.24) is 4.98 Å². The molecule has 5 heteroatoms. The van der Waals surface area contributed by atoms with Crippen LogP contribution >= 0.6 is 11.3 Å². The minimum Gasteiger partial charge on any atom is -0.466 e. The normalized spacial score (nSPS) is 12.9. The smallest absolute Gasteiger partial charge is 0.311 e. The van der Waals surface area contributed by atoms with Crippen LogP contribution in [-0.2, 0) is 28.8 Å². The van der Waals surface area contributed by atoms with Crippen LogP contribution in [0.2, 0.25) is 0 Å². The molecule has 0 unspecified atom stereocenters. The number of hydrogen-bond donors (Lipinski definition) is 0. The molecule has 1 aliphatic carbocycles. The first-order valence-electron chi connectivity index (χ1n) is 9.01. The molecule has 4 rings (SSSR count). The number of nitrogens with zero attached hydrogens (tertiary/aromatic N) is 1. The molecule has 0 atom stereocenters. The summed E-state index contributed by atoms with van der Waals surface area (Å²) in [6.45, 7) is 2.15. The van der Waals surface area contributed by atoms with E-state index in [9.17, 15) is 9.59 Å². The third kappa shape index (κ3) is 3.55. The maximum Gasteiger partial charge on any atom is 0.311 e. The first-order valence-corrected chi connectivity index (χ1v) is 9.89. The van der Waals surface area contributed by atoms with Gasteiger partial charge >= 0.3 is 5.97 Å². The summed E-state index contributed by atoms with van der Waals surface area (Å²) in [6, 6.07) is 13.8. The third-order valence-corrected chi connectivity index (χ3v) is 5.65. The number of hydrogen-bond acceptors (Lipinski definition) is 5. The molecule has 0 fully saturated rings. The van der Waals surface area contributed by atoms with Crippen LogP contribution in [0.3, 0.4) is 0 Å². The van der Waals surface area contributed by atoms with Crippen molar-refractivity contribution in [3.8, 4) is 10.6 Å². The Kier molecular flexibility index (Phi) is 4.86. The van der Waals surface area contributed by atoms with Crippen LogP contribution in [-0.4, -0.2) is 23.3 Å². The van der Waals surface area contributed by atoms with Crippen molar-refractivity contribution >= 4 is 23.1 Å². The predicted octanol–water partition coefficient (Wildman–Crippen LogP) is 4.25. The average molecular weight is 377 g/mol. The molecule has 0 N–H and O–H groups in total. The maximum atomic E-state index is 13.1. The largest absolute Gasteiger partial charge is 0.466 e. The first-order chi connectivity index (χ1) is 13.2. The lowest BCUT2D eigenvalue weighted by Gasteiger charge is -2.07. The quantitative estimate of drug-likeness (QED) is 0.638. The number of fused-ring (bicyclic) bond motifs is 2. The van der Waals surface area contributed by atoms with Gasteiger partial charge in [0.1, 0.15) is 5.01 Å². The van der Waals surface area contributed by atoms with Crippen LogP contribution in [0.25, 0.3) is 10.6 Å². The molecule has 136 valence electrons. The molecule has 4 nitrogen and oxygen atoms in total. The van der Waals surface area contributed by atoms with Crippen LogP contribution in [0.1, 0.15) is 39.7 Å². The van der Waals surface area contributed by atoms with E-state index in [0.29, 0.717) is 12.3 Å². The Morgan fingerprint density at radius 2 is 1.89 bits per heavy atom. The maximum absolute atomic E-state index is 13.1. The first kappa shape index (κ1) is 17.6. The zero-order valence-electron chi connectivity index (χ0n) is 15.0. The monoisotopic (exact) mass is 377 g/mol. The molecule has 1 aromatic heterocycles. The van der Waals surface area contributed by atoms with Crippen LogP contribution in [0.15, 0.2) is 47.8 Å². The number of carbonyl (C=O) groups is 2. The lowest BCUT2D eigenvalue weighted by Crippen LogP contribution is -2.07. The Hall–Kier alpha value is -2.79. The van der Waals surface area contributed by atoms with E-state index in [2.05, 4.69) is 4.98 Å². The fourth-order valence-corrected chi connectivity index (χ4v) is 4.21. The lowest BCUT2D eigenvalue weighted by molar-refractivity contribution is -0.142. The van der Waals surface area contributed by atoms with E-state index in [-0.39, 0.29) is 18.2 Å². The van der Waals surface area contributed by atoms with Gasteiger partial charge in [0.05, 0.1) is 18.7 Å². The molecule has 0 bridgehead atoms. The summed E-state index contributed by atoms with van der Waals surface area (Å²) >= 11 is 1.48. The highest BCUT2D eigenvalue weighted by Crippen LogP contribution is 2.30. The summed E-state index contributed by atoms with van der Waals surface area (Å²) in [5.41, 5.74) is 5.31. The Labute approximate surface area is 161 Å². The Morgan fingerprint density at radius 1 is 1.11 bits per heavy atom. The number of rotatable bonds is 4. The van der Waals surface area contributed by atoms with Crippen molar-refractivity contribution in [2.75, 3.05) is 6.61 Å². The Morgan fingerprint density at radius 3 is 2.70 bits per heavy atom. The summed E-state index contributed by atoms with van der Waals surface area (Å²) in [5, 5.41) is 2.68. The fraction of sp³-hybridized carbons (Fsp3) is 0.227. The van der Waals surface area contributed by atoms with Crippen LogP contribution in [0.5, 0.6) is 0 Å². The minimum atomic E-state index is -0.275. The second-order valence-electron chi connectivity index (χ2n) is 6.48. The van der Waals surface area contributed by atoms with Gasteiger partial charge in [-0.25, -0.2) is 4.98 Å². The molecule has 1 heterocycles. The van der Waals surface area contributed by atoms with Crippen LogP contribution in [0.4, 0.5) is 0 Å². The van der Waals surface area contributed by atoms with E-state index in [4.69, 9.17) is 4.74 Å². The SMILES string of the molecule is CCOC(=O)Cc1csc(-c2ccc3c(c2)C(=O)c2ccccc2CC3)n1. The van der Waals surface area contributed by atoms with Crippen molar-refractivity contribution < 1.29 is 14.3 Å². The number of aromatic nitrogens is 1. The van der Waals surface area contributed by atoms with Crippen LogP contribution in [0, 0.1) is 0 Å². The highest BCUT2D eigenvalue weighted by molar-refractivity contribution is 7.13. The third-order valence-electron chi connectivity index (χ3n) is 4.71. The Bertz CT molecular complexity index is 1020. The van der Waals surface area contributed by atoms with Gasteiger partial charge in [-0.05, 0) is 37.0 Å². The number of thiazole rings is 1. The molecule has 0 saturated heterocycles. The summed E-state index contributed by atoms with van der Waals surface area (Å²) < 4.78 is 4.98. The van der Waals surface area contributed by atoms with E-state index in [0.717, 1.165) is 45.7 Å². The summed E-state index contributed by atoms with van der Waals surface area (Å²) in [6.07, 6.45) is 1.89. The molecule has 0 amide bonds. The van der Waals surface area contributed by atoms with Crippen molar-refractivity contribution in [2.45, 2.75) is 26.2 Å². The summed E-state index contributed by atoms with van der Waals surface area (Å²) in [5.74, 6) is -0.202. The van der Waals surface area contributed by atoms with E-state index in [1.165, 1.54) is 11.3 Å². The second-order valence-corrected chi connectivity index (χ2v) is 7.34. The highest BCUT2D eigenvalue weighted by Gasteiger charge is 2.21. The molecule has 0 saturated carbocycles. The van der Waals surface area contributed by atoms with Gasteiger partial charge in [0.25, 0.3) is 0 Å². The molecule has 2 aromatic carbocycles. The van der Waals surface area contributed by atoms with Gasteiger partial charge in [0, 0.05) is 22.1 Å². The molecule has 0 spiro atoms. The second kappa shape index (κ2) is 7.45. The van der Waals surface area contributed by atoms with Gasteiger partial charge in [-0.3, -0.25) is 9.59 Å². The van der Waals surface area contributed by atoms with E-state index in [1.807, 2.05) is 47.8 Å². The molecule has 0 aliphatic heterocycles. The highest BCUT2D eigenvalue weighted by atomic mass is 32.1. The number of ketones is 1. The van der Waals surface area contributed by atoms with Crippen molar-refractivity contribution in [2.24, 2.45) is 0 Å². The van der Waals surface area contributed by atoms with E-state index in [1.54, 1.807) is 6.92 Å². The Balaban J connectivity index is 1.65. The molecule has 0 radical (unpaired) electrons. The number of benzene rings is 2. The zero-order chi connectivity index (χ0) is 18.8. The zero-order valence-corrected chi connectivity index (χ0v) is 15.8. The topological polar surface area (TPSA) is 56.3 Å². The van der Waals surface area contributed by atoms with Crippen LogP contribution < -0.4 is 0 Å². The molecule has 3 aromatic rings. The predicted molar refractivity (Wildman–Crippen MR) is 105 cm³/mol. The van der Waals surface area contributed by atoms with E-state index >= 15 is 0 Å². The van der Waals surface area contributed by atoms with Gasteiger partial charge in [-0.15, -0.1) is 11.3 Å². The molecular weight excluding hydrogens is 358 g/mol. The lowest BCUT2D eigenvalue weighted by atomic mass is 9.97. The van der Waals surface area contributed by atoms with Gasteiger partial charge < -0.3 is 4.74 Å². The van der Waals surface area contributed by atoms with Gasteiger partial charge in [0.15, 0.2) is 5.78 Å². The summed E-state index contributed by atoms with van der Waals surface area (Å²) in [7, 11) is 0. The molecule has 27 heavy (non-hydrogen) atoms. The van der Waals surface area contributed by atoms with Crippen molar-refractivity contribution in [3.05, 3.63) is 75.8 Å². The fourth-order valence-electron chi connectivity index (χ4n) is 3.39. The van der Waals surface area contributed by atoms with Gasteiger partial charge in [0.2, 0.25) is 0 Å². The number of carbonyl (C=O) groups excluding carboxylic acids is 2. The number of aryl methyl sites for hydroxylation is 2. The molecule has 1 aliphatic rings. The van der Waals surface area contributed by atoms with Gasteiger partial charge in [-0.2, -0.15) is 0 Å². The average Bonchev–Trinajstić information content (AvgIpc) is 3.09.